The van der Waals surface area contributed by atoms with E-state index in [1.165, 1.54) is 0 Å². The fourth-order valence-electron chi connectivity index (χ4n) is 1.22. The highest BCUT2D eigenvalue weighted by Crippen LogP contribution is 2.20. The van der Waals surface area contributed by atoms with Gasteiger partial charge < -0.3 is 11.1 Å². The molecule has 0 saturated carbocycles. The molecule has 0 spiro atoms. The van der Waals surface area contributed by atoms with E-state index in [0.717, 1.165) is 15.7 Å². The Hall–Kier alpha value is -0.940. The number of benzene rings is 1. The van der Waals surface area contributed by atoms with Crippen molar-refractivity contribution in [3.05, 3.63) is 28.2 Å². The Morgan fingerprint density at radius 1 is 1.50 bits per heavy atom. The maximum absolute atomic E-state index is 11.5. The minimum Gasteiger partial charge on any atom is -0.393 e. The van der Waals surface area contributed by atoms with Crippen molar-refractivity contribution in [3.8, 4) is 0 Å². The van der Waals surface area contributed by atoms with Gasteiger partial charge >= 0.3 is 0 Å². The molecule has 0 bridgehead atoms. The normalized spacial score (nSPS) is 9.88. The first-order valence-corrected chi connectivity index (χ1v) is 6.03. The minimum absolute atomic E-state index is 0.0711. The third-order valence-corrected chi connectivity index (χ3v) is 2.76. The molecule has 0 radical (unpaired) electrons. The molecule has 0 aliphatic carbocycles. The second-order valence-electron chi connectivity index (χ2n) is 3.47. The summed E-state index contributed by atoms with van der Waals surface area (Å²) in [5, 5.41) is 2.82. The topological polar surface area (TPSA) is 55.1 Å². The standard InChI is InChI=1S/C11H13BrN2OS/c1-7-6-8(12)2-3-9(7)14-11(15)5-4-10(13)16/h2-3,6H,4-5H2,1H3,(H2,13,16)(H,14,15). The lowest BCUT2D eigenvalue weighted by molar-refractivity contribution is -0.116. The first-order chi connectivity index (χ1) is 7.49. The summed E-state index contributed by atoms with van der Waals surface area (Å²) in [5.41, 5.74) is 7.16. The van der Waals surface area contributed by atoms with Crippen molar-refractivity contribution in [3.63, 3.8) is 0 Å². The highest BCUT2D eigenvalue weighted by Gasteiger charge is 2.05. The number of carbonyl (C=O) groups excluding carboxylic acids is 1. The summed E-state index contributed by atoms with van der Waals surface area (Å²) in [6.45, 7) is 1.94. The van der Waals surface area contributed by atoms with Crippen LogP contribution in [0.3, 0.4) is 0 Å². The van der Waals surface area contributed by atoms with Crippen LogP contribution < -0.4 is 11.1 Å². The van der Waals surface area contributed by atoms with Gasteiger partial charge in [-0.25, -0.2) is 0 Å². The van der Waals surface area contributed by atoms with Gasteiger partial charge in [0.05, 0.1) is 4.99 Å². The third kappa shape index (κ3) is 4.28. The van der Waals surface area contributed by atoms with Crippen molar-refractivity contribution in [2.75, 3.05) is 5.32 Å². The fraction of sp³-hybridized carbons (Fsp3) is 0.273. The van der Waals surface area contributed by atoms with Crippen LogP contribution >= 0.6 is 28.1 Å². The molecule has 3 N–H and O–H groups in total. The van der Waals surface area contributed by atoms with E-state index in [4.69, 9.17) is 18.0 Å². The van der Waals surface area contributed by atoms with Crippen LogP contribution in [0.25, 0.3) is 0 Å². The molecule has 3 nitrogen and oxygen atoms in total. The molecule has 16 heavy (non-hydrogen) atoms. The molecule has 0 heterocycles. The number of amides is 1. The Labute approximate surface area is 109 Å². The summed E-state index contributed by atoms with van der Waals surface area (Å²) in [6, 6.07) is 5.69. The molecule has 1 amide bonds. The predicted molar refractivity (Wildman–Crippen MR) is 73.5 cm³/mol. The predicted octanol–water partition coefficient (Wildman–Crippen LogP) is 2.76. The lowest BCUT2D eigenvalue weighted by Gasteiger charge is -2.08. The Morgan fingerprint density at radius 3 is 2.75 bits per heavy atom. The average Bonchev–Trinajstić information content (AvgIpc) is 2.19. The Morgan fingerprint density at radius 2 is 2.19 bits per heavy atom. The third-order valence-electron chi connectivity index (χ3n) is 2.06. The van der Waals surface area contributed by atoms with E-state index in [1.807, 2.05) is 25.1 Å². The number of nitrogens with two attached hydrogens (primary N) is 1. The van der Waals surface area contributed by atoms with E-state index in [-0.39, 0.29) is 5.91 Å². The summed E-state index contributed by atoms with van der Waals surface area (Å²) in [4.78, 5) is 11.9. The second-order valence-corrected chi connectivity index (χ2v) is 4.91. The first-order valence-electron chi connectivity index (χ1n) is 4.83. The maximum Gasteiger partial charge on any atom is 0.224 e. The van der Waals surface area contributed by atoms with Gasteiger partial charge in [-0.3, -0.25) is 4.79 Å². The molecule has 0 unspecified atom stereocenters. The van der Waals surface area contributed by atoms with Gasteiger partial charge in [-0.15, -0.1) is 0 Å². The maximum atomic E-state index is 11.5. The van der Waals surface area contributed by atoms with Crippen LogP contribution in [0.15, 0.2) is 22.7 Å². The number of anilines is 1. The molecule has 1 aromatic carbocycles. The molecule has 0 aliphatic rings. The van der Waals surface area contributed by atoms with Gasteiger partial charge in [0.25, 0.3) is 0 Å². The SMILES string of the molecule is Cc1cc(Br)ccc1NC(=O)CCC(N)=S. The van der Waals surface area contributed by atoms with Gasteiger partial charge in [-0.2, -0.15) is 0 Å². The number of aryl methyl sites for hydroxylation is 1. The van der Waals surface area contributed by atoms with Crippen molar-refractivity contribution in [1.82, 2.24) is 0 Å². The van der Waals surface area contributed by atoms with Crippen LogP contribution in [0.4, 0.5) is 5.69 Å². The van der Waals surface area contributed by atoms with Crippen LogP contribution in [0.1, 0.15) is 18.4 Å². The van der Waals surface area contributed by atoms with Gasteiger partial charge in [-0.1, -0.05) is 28.1 Å². The van der Waals surface area contributed by atoms with Gasteiger partial charge in [0.2, 0.25) is 5.91 Å². The van der Waals surface area contributed by atoms with E-state index in [2.05, 4.69) is 21.2 Å². The van der Waals surface area contributed by atoms with Crippen LogP contribution in [-0.2, 0) is 4.79 Å². The van der Waals surface area contributed by atoms with E-state index < -0.39 is 0 Å². The Kier molecular flexibility index (Phi) is 4.89. The molecule has 0 fully saturated rings. The van der Waals surface area contributed by atoms with Crippen LogP contribution in [0, 0.1) is 6.92 Å². The van der Waals surface area contributed by atoms with Crippen molar-refractivity contribution in [1.29, 1.82) is 0 Å². The van der Waals surface area contributed by atoms with E-state index in [0.29, 0.717) is 17.8 Å². The summed E-state index contributed by atoms with van der Waals surface area (Å²) < 4.78 is 0.992. The molecule has 0 aromatic heterocycles. The van der Waals surface area contributed by atoms with Crippen LogP contribution in [-0.4, -0.2) is 10.9 Å². The zero-order valence-electron chi connectivity index (χ0n) is 8.92. The largest absolute Gasteiger partial charge is 0.393 e. The van der Waals surface area contributed by atoms with Crippen molar-refractivity contribution in [2.24, 2.45) is 5.73 Å². The Bertz CT molecular complexity index is 420. The smallest absolute Gasteiger partial charge is 0.224 e. The van der Waals surface area contributed by atoms with E-state index >= 15 is 0 Å². The van der Waals surface area contributed by atoms with Gasteiger partial charge in [0.15, 0.2) is 0 Å². The molecule has 1 rings (SSSR count). The summed E-state index contributed by atoms with van der Waals surface area (Å²) in [5.74, 6) is -0.0711. The average molecular weight is 301 g/mol. The summed E-state index contributed by atoms with van der Waals surface area (Å²) in [7, 11) is 0. The molecule has 86 valence electrons. The number of halogens is 1. The number of hydrogen-bond donors (Lipinski definition) is 2. The number of rotatable bonds is 4. The van der Waals surface area contributed by atoms with Gasteiger partial charge in [0.1, 0.15) is 0 Å². The van der Waals surface area contributed by atoms with Crippen molar-refractivity contribution in [2.45, 2.75) is 19.8 Å². The number of hydrogen-bond acceptors (Lipinski definition) is 2. The Balaban J connectivity index is 2.59. The fourth-order valence-corrected chi connectivity index (χ4v) is 1.79. The van der Waals surface area contributed by atoms with Crippen LogP contribution in [0.2, 0.25) is 0 Å². The zero-order valence-corrected chi connectivity index (χ0v) is 11.3. The lowest BCUT2D eigenvalue weighted by atomic mass is 10.2. The zero-order chi connectivity index (χ0) is 12.1. The van der Waals surface area contributed by atoms with Crippen molar-refractivity contribution < 1.29 is 4.79 Å². The molecule has 5 heteroatoms. The highest BCUT2D eigenvalue weighted by molar-refractivity contribution is 9.10. The first kappa shape index (κ1) is 13.1. The summed E-state index contributed by atoms with van der Waals surface area (Å²) >= 11 is 8.08. The van der Waals surface area contributed by atoms with Crippen LogP contribution in [0.5, 0.6) is 0 Å². The number of nitrogens with one attached hydrogen (secondary N) is 1. The summed E-state index contributed by atoms with van der Waals surface area (Å²) in [6.07, 6.45) is 0.765. The second kappa shape index (κ2) is 5.96. The molecule has 0 atom stereocenters. The van der Waals surface area contributed by atoms with Gasteiger partial charge in [-0.05, 0) is 30.7 Å². The van der Waals surface area contributed by atoms with E-state index in [1.54, 1.807) is 0 Å². The minimum atomic E-state index is -0.0711. The number of thiocarbonyl (C=S) groups is 1. The molecule has 0 aliphatic heterocycles. The monoisotopic (exact) mass is 300 g/mol. The molecular formula is C11H13BrN2OS. The van der Waals surface area contributed by atoms with Gasteiger partial charge in [0, 0.05) is 23.0 Å². The molecule has 1 aromatic rings. The highest BCUT2D eigenvalue weighted by atomic mass is 79.9. The lowest BCUT2D eigenvalue weighted by Crippen LogP contribution is -2.16. The quantitative estimate of drug-likeness (QED) is 0.841. The molecular weight excluding hydrogens is 288 g/mol. The van der Waals surface area contributed by atoms with Crippen molar-refractivity contribution >= 4 is 44.7 Å². The number of carbonyl (C=O) groups is 1. The van der Waals surface area contributed by atoms with E-state index in [9.17, 15) is 4.79 Å². The molecule has 0 saturated heterocycles.